The summed E-state index contributed by atoms with van der Waals surface area (Å²) in [6.07, 6.45) is 0. The summed E-state index contributed by atoms with van der Waals surface area (Å²) in [5, 5.41) is 5.23. The van der Waals surface area contributed by atoms with Crippen LogP contribution in [0.15, 0.2) is 36.4 Å². The van der Waals surface area contributed by atoms with Crippen LogP contribution < -0.4 is 10.6 Å². The van der Waals surface area contributed by atoms with Crippen LogP contribution in [0.2, 0.25) is 5.02 Å². The molecule has 0 spiro atoms. The minimum Gasteiger partial charge on any atom is -0.350 e. The Labute approximate surface area is 140 Å². The number of carbonyl (C=O) groups excluding carboxylic acids is 2. The first-order valence-electron chi connectivity index (χ1n) is 6.81. The Morgan fingerprint density at radius 3 is 2.25 bits per heavy atom. The second-order valence-electron chi connectivity index (χ2n) is 4.81. The summed E-state index contributed by atoms with van der Waals surface area (Å²) in [6.45, 7) is -0.226. The molecule has 126 valence electrons. The Morgan fingerprint density at radius 1 is 0.917 bits per heavy atom. The van der Waals surface area contributed by atoms with Crippen molar-refractivity contribution in [3.05, 3.63) is 70.0 Å². The standard InChI is InChI=1S/C16H12ClF3N2O2/c17-10-3-1-9(2-4-10)7-21-13(23)8-22-16(24)11-5-6-12(18)15(20)14(11)19/h1-6H,7-8H2,(H,21,23)(H,22,24). The zero-order valence-corrected chi connectivity index (χ0v) is 13.0. The highest BCUT2D eigenvalue weighted by atomic mass is 35.5. The summed E-state index contributed by atoms with van der Waals surface area (Å²) in [6, 6.07) is 8.20. The van der Waals surface area contributed by atoms with Gasteiger partial charge in [0.05, 0.1) is 12.1 Å². The highest BCUT2D eigenvalue weighted by Gasteiger charge is 2.19. The van der Waals surface area contributed by atoms with Gasteiger partial charge in [-0.05, 0) is 29.8 Å². The van der Waals surface area contributed by atoms with Crippen LogP contribution in [0.3, 0.4) is 0 Å². The van der Waals surface area contributed by atoms with E-state index in [2.05, 4.69) is 10.6 Å². The van der Waals surface area contributed by atoms with Crippen molar-refractivity contribution in [2.24, 2.45) is 0 Å². The second kappa shape index (κ2) is 7.83. The van der Waals surface area contributed by atoms with Gasteiger partial charge in [-0.2, -0.15) is 0 Å². The van der Waals surface area contributed by atoms with Gasteiger partial charge in [0.25, 0.3) is 5.91 Å². The number of halogens is 4. The topological polar surface area (TPSA) is 58.2 Å². The van der Waals surface area contributed by atoms with Gasteiger partial charge in [0.15, 0.2) is 17.5 Å². The van der Waals surface area contributed by atoms with E-state index in [4.69, 9.17) is 11.6 Å². The van der Waals surface area contributed by atoms with Gasteiger partial charge < -0.3 is 10.6 Å². The van der Waals surface area contributed by atoms with E-state index >= 15 is 0 Å². The highest BCUT2D eigenvalue weighted by molar-refractivity contribution is 6.30. The summed E-state index contributed by atoms with van der Waals surface area (Å²) in [5.41, 5.74) is 0.116. The molecular formula is C16H12ClF3N2O2. The van der Waals surface area contributed by atoms with Crippen LogP contribution in [-0.2, 0) is 11.3 Å². The van der Waals surface area contributed by atoms with Gasteiger partial charge in [-0.25, -0.2) is 13.2 Å². The molecule has 0 heterocycles. The average molecular weight is 357 g/mol. The molecule has 0 bridgehead atoms. The first-order chi connectivity index (χ1) is 11.4. The van der Waals surface area contributed by atoms with Gasteiger partial charge in [-0.1, -0.05) is 23.7 Å². The van der Waals surface area contributed by atoms with Crippen molar-refractivity contribution in [3.63, 3.8) is 0 Å². The smallest absolute Gasteiger partial charge is 0.254 e. The molecule has 0 fully saturated rings. The van der Waals surface area contributed by atoms with Crippen LogP contribution in [0.25, 0.3) is 0 Å². The molecule has 2 aromatic rings. The predicted molar refractivity (Wildman–Crippen MR) is 81.9 cm³/mol. The molecule has 2 rings (SSSR count). The third-order valence-corrected chi connectivity index (χ3v) is 3.34. The largest absolute Gasteiger partial charge is 0.350 e. The van der Waals surface area contributed by atoms with Crippen LogP contribution in [0.5, 0.6) is 0 Å². The second-order valence-corrected chi connectivity index (χ2v) is 5.25. The van der Waals surface area contributed by atoms with E-state index in [-0.39, 0.29) is 6.54 Å². The minimum atomic E-state index is -1.74. The monoisotopic (exact) mass is 356 g/mol. The molecular weight excluding hydrogens is 345 g/mol. The molecule has 0 aromatic heterocycles. The van der Waals surface area contributed by atoms with E-state index in [0.29, 0.717) is 11.1 Å². The molecule has 0 aliphatic rings. The predicted octanol–water partition coefficient (Wildman–Crippen LogP) is 2.80. The number of hydrogen-bond acceptors (Lipinski definition) is 2. The zero-order valence-electron chi connectivity index (χ0n) is 12.2. The molecule has 0 atom stereocenters. The molecule has 0 aliphatic heterocycles. The maximum atomic E-state index is 13.5. The summed E-state index contributed by atoms with van der Waals surface area (Å²) in [4.78, 5) is 23.4. The molecule has 0 unspecified atom stereocenters. The van der Waals surface area contributed by atoms with E-state index in [0.717, 1.165) is 11.6 Å². The van der Waals surface area contributed by atoms with E-state index in [1.165, 1.54) is 0 Å². The normalized spacial score (nSPS) is 10.3. The molecule has 2 amide bonds. The Morgan fingerprint density at radius 2 is 1.58 bits per heavy atom. The van der Waals surface area contributed by atoms with Crippen LogP contribution in [0.4, 0.5) is 13.2 Å². The molecule has 24 heavy (non-hydrogen) atoms. The van der Waals surface area contributed by atoms with E-state index in [1.807, 2.05) is 0 Å². The number of amides is 2. The zero-order chi connectivity index (χ0) is 17.7. The number of nitrogens with one attached hydrogen (secondary N) is 2. The minimum absolute atomic E-state index is 0.214. The molecule has 0 aliphatic carbocycles. The van der Waals surface area contributed by atoms with E-state index in [1.54, 1.807) is 24.3 Å². The molecule has 8 heteroatoms. The number of rotatable bonds is 5. The highest BCUT2D eigenvalue weighted by Crippen LogP contribution is 2.15. The molecule has 2 N–H and O–H groups in total. The number of carbonyl (C=O) groups is 2. The quantitative estimate of drug-likeness (QED) is 0.809. The molecule has 0 radical (unpaired) electrons. The van der Waals surface area contributed by atoms with Crippen molar-refractivity contribution < 1.29 is 22.8 Å². The lowest BCUT2D eigenvalue weighted by Crippen LogP contribution is -2.37. The Balaban J connectivity index is 1.86. The van der Waals surface area contributed by atoms with Crippen molar-refractivity contribution in [3.8, 4) is 0 Å². The lowest BCUT2D eigenvalue weighted by molar-refractivity contribution is -0.120. The molecule has 0 saturated heterocycles. The third-order valence-electron chi connectivity index (χ3n) is 3.09. The third kappa shape index (κ3) is 4.48. The molecule has 4 nitrogen and oxygen atoms in total. The summed E-state index contributed by atoms with van der Waals surface area (Å²) >= 11 is 5.74. The van der Waals surface area contributed by atoms with Crippen molar-refractivity contribution in [2.45, 2.75) is 6.54 Å². The van der Waals surface area contributed by atoms with Gasteiger partial charge in [-0.15, -0.1) is 0 Å². The fourth-order valence-corrected chi connectivity index (χ4v) is 1.95. The lowest BCUT2D eigenvalue weighted by atomic mass is 10.2. The first kappa shape index (κ1) is 17.8. The van der Waals surface area contributed by atoms with E-state index < -0.39 is 41.4 Å². The molecule has 2 aromatic carbocycles. The van der Waals surface area contributed by atoms with Crippen LogP contribution in [-0.4, -0.2) is 18.4 Å². The average Bonchev–Trinajstić information content (AvgIpc) is 2.57. The van der Waals surface area contributed by atoms with Crippen molar-refractivity contribution in [1.82, 2.24) is 10.6 Å². The van der Waals surface area contributed by atoms with Gasteiger partial charge in [0, 0.05) is 11.6 Å². The molecule has 0 saturated carbocycles. The summed E-state index contributed by atoms with van der Waals surface area (Å²) in [5.74, 6) is -6.29. The Kier molecular flexibility index (Phi) is 5.81. The van der Waals surface area contributed by atoms with Crippen molar-refractivity contribution in [1.29, 1.82) is 0 Å². The fourth-order valence-electron chi connectivity index (χ4n) is 1.82. The van der Waals surface area contributed by atoms with E-state index in [9.17, 15) is 22.8 Å². The first-order valence-corrected chi connectivity index (χ1v) is 7.19. The summed E-state index contributed by atoms with van der Waals surface area (Å²) < 4.78 is 39.3. The van der Waals surface area contributed by atoms with Gasteiger partial charge >= 0.3 is 0 Å². The van der Waals surface area contributed by atoms with Gasteiger partial charge in [0.2, 0.25) is 5.91 Å². The Bertz CT molecular complexity index is 767. The van der Waals surface area contributed by atoms with Crippen molar-refractivity contribution >= 4 is 23.4 Å². The number of hydrogen-bond donors (Lipinski definition) is 2. The van der Waals surface area contributed by atoms with Gasteiger partial charge in [-0.3, -0.25) is 9.59 Å². The number of benzene rings is 2. The maximum Gasteiger partial charge on any atom is 0.254 e. The van der Waals surface area contributed by atoms with Crippen molar-refractivity contribution in [2.75, 3.05) is 6.54 Å². The van der Waals surface area contributed by atoms with Crippen LogP contribution >= 0.6 is 11.6 Å². The van der Waals surface area contributed by atoms with Crippen LogP contribution in [0.1, 0.15) is 15.9 Å². The Hall–Kier alpha value is -2.54. The fraction of sp³-hybridized carbons (Fsp3) is 0.125. The van der Waals surface area contributed by atoms with Crippen LogP contribution in [0, 0.1) is 17.5 Å². The maximum absolute atomic E-state index is 13.5. The lowest BCUT2D eigenvalue weighted by Gasteiger charge is -2.08. The SMILES string of the molecule is O=C(CNC(=O)c1ccc(F)c(F)c1F)NCc1ccc(Cl)cc1. The summed E-state index contributed by atoms with van der Waals surface area (Å²) in [7, 11) is 0. The van der Waals surface area contributed by atoms with Gasteiger partial charge in [0.1, 0.15) is 0 Å².